The standard InChI is InChI=1S/C23H28FNO3/c1-27-15-12-23(26)25-13-10-19(11-14-25)16-18-2-4-20(5-3-18)17-28-22-8-6-21(24)7-9-22/h2-9,19H,10-17H2,1H3. The Balaban J connectivity index is 1.42. The lowest BCUT2D eigenvalue weighted by atomic mass is 9.90. The van der Waals surface area contributed by atoms with Gasteiger partial charge in [-0.3, -0.25) is 4.79 Å². The van der Waals surface area contributed by atoms with Crippen LogP contribution in [0.2, 0.25) is 0 Å². The average Bonchev–Trinajstić information content (AvgIpc) is 2.73. The first-order valence-corrected chi connectivity index (χ1v) is 9.87. The van der Waals surface area contributed by atoms with Crippen molar-refractivity contribution in [3.63, 3.8) is 0 Å². The number of nitrogens with zero attached hydrogens (tertiary/aromatic N) is 1. The number of carbonyl (C=O) groups is 1. The van der Waals surface area contributed by atoms with Crippen molar-refractivity contribution in [1.82, 2.24) is 4.90 Å². The third kappa shape index (κ3) is 6.06. The number of hydrogen-bond acceptors (Lipinski definition) is 3. The molecule has 0 spiro atoms. The lowest BCUT2D eigenvalue weighted by molar-refractivity contribution is -0.133. The molecule has 0 saturated carbocycles. The monoisotopic (exact) mass is 385 g/mol. The zero-order valence-corrected chi connectivity index (χ0v) is 16.4. The third-order valence-corrected chi connectivity index (χ3v) is 5.25. The summed E-state index contributed by atoms with van der Waals surface area (Å²) in [4.78, 5) is 14.0. The van der Waals surface area contributed by atoms with Crippen LogP contribution in [0.3, 0.4) is 0 Å². The average molecular weight is 385 g/mol. The van der Waals surface area contributed by atoms with Crippen LogP contribution in [-0.4, -0.2) is 37.6 Å². The van der Waals surface area contributed by atoms with E-state index in [2.05, 4.69) is 24.3 Å². The number of piperidine rings is 1. The van der Waals surface area contributed by atoms with Crippen LogP contribution in [-0.2, 0) is 22.6 Å². The number of benzene rings is 2. The predicted octanol–water partition coefficient (Wildman–Crippen LogP) is 4.22. The third-order valence-electron chi connectivity index (χ3n) is 5.25. The molecule has 1 saturated heterocycles. The van der Waals surface area contributed by atoms with Gasteiger partial charge in [0.05, 0.1) is 13.0 Å². The normalized spacial score (nSPS) is 14.9. The molecule has 0 atom stereocenters. The molecule has 1 aliphatic rings. The molecular weight excluding hydrogens is 357 g/mol. The summed E-state index contributed by atoms with van der Waals surface area (Å²) < 4.78 is 23.6. The molecule has 4 nitrogen and oxygen atoms in total. The van der Waals surface area contributed by atoms with E-state index in [1.807, 2.05) is 4.90 Å². The maximum Gasteiger partial charge on any atom is 0.224 e. The van der Waals surface area contributed by atoms with Crippen LogP contribution in [0.5, 0.6) is 5.75 Å². The Hall–Kier alpha value is -2.40. The number of halogens is 1. The van der Waals surface area contributed by atoms with Gasteiger partial charge in [-0.2, -0.15) is 0 Å². The van der Waals surface area contributed by atoms with Gasteiger partial charge in [-0.15, -0.1) is 0 Å². The van der Waals surface area contributed by atoms with Crippen molar-refractivity contribution >= 4 is 5.91 Å². The fourth-order valence-electron chi connectivity index (χ4n) is 3.54. The Morgan fingerprint density at radius 1 is 1.04 bits per heavy atom. The Labute approximate surface area is 166 Å². The number of carbonyl (C=O) groups excluding carboxylic acids is 1. The van der Waals surface area contributed by atoms with E-state index in [0.29, 0.717) is 31.3 Å². The highest BCUT2D eigenvalue weighted by atomic mass is 19.1. The Morgan fingerprint density at radius 2 is 1.68 bits per heavy atom. The Morgan fingerprint density at radius 3 is 2.32 bits per heavy atom. The molecule has 2 aromatic carbocycles. The molecule has 0 radical (unpaired) electrons. The highest BCUT2D eigenvalue weighted by Crippen LogP contribution is 2.23. The number of ether oxygens (including phenoxy) is 2. The number of amides is 1. The van der Waals surface area contributed by atoms with Gasteiger partial charge in [-0.05, 0) is 60.6 Å². The topological polar surface area (TPSA) is 38.8 Å². The molecule has 150 valence electrons. The van der Waals surface area contributed by atoms with Crippen LogP contribution >= 0.6 is 0 Å². The molecule has 1 fully saturated rings. The molecule has 28 heavy (non-hydrogen) atoms. The van der Waals surface area contributed by atoms with E-state index in [-0.39, 0.29) is 11.7 Å². The molecule has 3 rings (SSSR count). The van der Waals surface area contributed by atoms with Crippen molar-refractivity contribution in [2.75, 3.05) is 26.8 Å². The number of rotatable bonds is 8. The van der Waals surface area contributed by atoms with Crippen molar-refractivity contribution in [2.45, 2.75) is 32.3 Å². The van der Waals surface area contributed by atoms with Gasteiger partial charge >= 0.3 is 0 Å². The fraction of sp³-hybridized carbons (Fsp3) is 0.435. The smallest absolute Gasteiger partial charge is 0.224 e. The summed E-state index contributed by atoms with van der Waals surface area (Å²) in [7, 11) is 1.62. The maximum absolute atomic E-state index is 12.9. The van der Waals surface area contributed by atoms with Crippen LogP contribution in [0.25, 0.3) is 0 Å². The summed E-state index contributed by atoms with van der Waals surface area (Å²) in [5.41, 5.74) is 2.40. The highest BCUT2D eigenvalue weighted by molar-refractivity contribution is 5.76. The van der Waals surface area contributed by atoms with E-state index in [4.69, 9.17) is 9.47 Å². The van der Waals surface area contributed by atoms with Gasteiger partial charge in [0.15, 0.2) is 0 Å². The molecule has 0 aromatic heterocycles. The molecule has 1 amide bonds. The summed E-state index contributed by atoms with van der Waals surface area (Å²) in [6.45, 7) is 2.65. The Kier molecular flexibility index (Phi) is 7.43. The van der Waals surface area contributed by atoms with Gasteiger partial charge in [-0.25, -0.2) is 4.39 Å². The SMILES string of the molecule is COCCC(=O)N1CCC(Cc2ccc(COc3ccc(F)cc3)cc2)CC1. The Bertz CT molecular complexity index is 737. The summed E-state index contributed by atoms with van der Waals surface area (Å²) in [5, 5.41) is 0. The van der Waals surface area contributed by atoms with Gasteiger partial charge in [-0.1, -0.05) is 24.3 Å². The minimum absolute atomic E-state index is 0.200. The first-order valence-electron chi connectivity index (χ1n) is 9.87. The summed E-state index contributed by atoms with van der Waals surface area (Å²) in [5.74, 6) is 1.22. The van der Waals surface area contributed by atoms with Crippen molar-refractivity contribution < 1.29 is 18.7 Å². The minimum atomic E-state index is -0.262. The quantitative estimate of drug-likeness (QED) is 0.683. The second-order valence-corrected chi connectivity index (χ2v) is 7.33. The second-order valence-electron chi connectivity index (χ2n) is 7.33. The summed E-state index contributed by atoms with van der Waals surface area (Å²) >= 11 is 0. The van der Waals surface area contributed by atoms with E-state index in [1.165, 1.54) is 17.7 Å². The summed E-state index contributed by atoms with van der Waals surface area (Å²) in [6, 6.07) is 14.5. The molecule has 0 unspecified atom stereocenters. The van der Waals surface area contributed by atoms with Gasteiger partial charge < -0.3 is 14.4 Å². The lowest BCUT2D eigenvalue weighted by Gasteiger charge is -2.32. The lowest BCUT2D eigenvalue weighted by Crippen LogP contribution is -2.39. The van der Waals surface area contributed by atoms with E-state index >= 15 is 0 Å². The van der Waals surface area contributed by atoms with Crippen LogP contribution in [0, 0.1) is 11.7 Å². The molecular formula is C23H28FNO3. The van der Waals surface area contributed by atoms with Gasteiger partial charge in [0, 0.05) is 20.2 Å². The van der Waals surface area contributed by atoms with Crippen molar-refractivity contribution in [3.8, 4) is 5.75 Å². The number of likely N-dealkylation sites (tertiary alicyclic amines) is 1. The van der Waals surface area contributed by atoms with E-state index in [1.54, 1.807) is 19.2 Å². The van der Waals surface area contributed by atoms with Crippen LogP contribution in [0.15, 0.2) is 48.5 Å². The first kappa shape index (κ1) is 20.3. The number of hydrogen-bond donors (Lipinski definition) is 0. The molecule has 0 aliphatic carbocycles. The predicted molar refractivity (Wildman–Crippen MR) is 107 cm³/mol. The fourth-order valence-corrected chi connectivity index (χ4v) is 3.54. The molecule has 1 aliphatic heterocycles. The highest BCUT2D eigenvalue weighted by Gasteiger charge is 2.22. The van der Waals surface area contributed by atoms with E-state index in [9.17, 15) is 9.18 Å². The molecule has 5 heteroatoms. The van der Waals surface area contributed by atoms with Gasteiger partial charge in [0.2, 0.25) is 5.91 Å². The van der Waals surface area contributed by atoms with E-state index in [0.717, 1.165) is 37.9 Å². The molecule has 1 heterocycles. The second kappa shape index (κ2) is 10.2. The van der Waals surface area contributed by atoms with Crippen molar-refractivity contribution in [3.05, 3.63) is 65.5 Å². The molecule has 2 aromatic rings. The van der Waals surface area contributed by atoms with Crippen LogP contribution < -0.4 is 4.74 Å². The zero-order chi connectivity index (χ0) is 19.8. The van der Waals surface area contributed by atoms with Crippen molar-refractivity contribution in [2.24, 2.45) is 5.92 Å². The van der Waals surface area contributed by atoms with Crippen LogP contribution in [0.1, 0.15) is 30.4 Å². The van der Waals surface area contributed by atoms with Crippen LogP contribution in [0.4, 0.5) is 4.39 Å². The first-order chi connectivity index (χ1) is 13.6. The maximum atomic E-state index is 12.9. The van der Waals surface area contributed by atoms with Gasteiger partial charge in [0.1, 0.15) is 18.2 Å². The molecule has 0 bridgehead atoms. The van der Waals surface area contributed by atoms with E-state index < -0.39 is 0 Å². The van der Waals surface area contributed by atoms with Gasteiger partial charge in [0.25, 0.3) is 0 Å². The zero-order valence-electron chi connectivity index (χ0n) is 16.4. The van der Waals surface area contributed by atoms with Crippen molar-refractivity contribution in [1.29, 1.82) is 0 Å². The summed E-state index contributed by atoms with van der Waals surface area (Å²) in [6.07, 6.45) is 3.62. The largest absolute Gasteiger partial charge is 0.489 e. The molecule has 0 N–H and O–H groups in total. The minimum Gasteiger partial charge on any atom is -0.489 e. The number of methoxy groups -OCH3 is 1.